The first-order chi connectivity index (χ1) is 8.31. The minimum Gasteiger partial charge on any atom is -0.381 e. The Kier molecular flexibility index (Phi) is 2.68. The van der Waals surface area contributed by atoms with E-state index in [1.54, 1.807) is 6.07 Å². The summed E-state index contributed by atoms with van der Waals surface area (Å²) >= 11 is 0. The van der Waals surface area contributed by atoms with Gasteiger partial charge in [0.25, 0.3) is 0 Å². The van der Waals surface area contributed by atoms with E-state index in [0.717, 1.165) is 37.1 Å². The van der Waals surface area contributed by atoms with Crippen molar-refractivity contribution in [2.24, 2.45) is 0 Å². The topological polar surface area (TPSA) is 49.9 Å². The molecule has 0 amide bonds. The molecule has 2 N–H and O–H groups in total. The number of nitrogens with zero attached hydrogens (tertiary/aromatic N) is 1. The quantitative estimate of drug-likeness (QED) is 0.839. The molecule has 0 spiro atoms. The predicted octanol–water partition coefficient (Wildman–Crippen LogP) is 2.29. The number of nitrogens with one attached hydrogen (secondary N) is 2. The largest absolute Gasteiger partial charge is 0.381 e. The normalized spacial score (nSPS) is 17.5. The number of aromatic amines is 1. The molecule has 0 radical (unpaired) electrons. The first-order valence-electron chi connectivity index (χ1n) is 5.81. The van der Waals surface area contributed by atoms with Crippen molar-refractivity contribution in [2.75, 3.05) is 18.5 Å². The Morgan fingerprint density at radius 2 is 2.18 bits per heavy atom. The van der Waals surface area contributed by atoms with E-state index in [0.29, 0.717) is 12.0 Å². The van der Waals surface area contributed by atoms with Crippen molar-refractivity contribution in [3.8, 4) is 0 Å². The highest BCUT2D eigenvalue weighted by Crippen LogP contribution is 2.18. The SMILES string of the molecule is Fc1ccc2nc(NC3CCOCC3)[nH]c2c1. The Bertz CT molecular complexity index is 519. The average molecular weight is 235 g/mol. The lowest BCUT2D eigenvalue weighted by Gasteiger charge is -2.22. The smallest absolute Gasteiger partial charge is 0.201 e. The van der Waals surface area contributed by atoms with Gasteiger partial charge in [0.05, 0.1) is 11.0 Å². The third-order valence-electron chi connectivity index (χ3n) is 3.01. The minimum absolute atomic E-state index is 0.251. The summed E-state index contributed by atoms with van der Waals surface area (Å²) in [6.07, 6.45) is 1.96. The Balaban J connectivity index is 1.80. The predicted molar refractivity (Wildman–Crippen MR) is 63.5 cm³/mol. The van der Waals surface area contributed by atoms with Gasteiger partial charge in [0, 0.05) is 19.3 Å². The van der Waals surface area contributed by atoms with Crippen LogP contribution in [0.5, 0.6) is 0 Å². The molecule has 5 heteroatoms. The van der Waals surface area contributed by atoms with Crippen molar-refractivity contribution >= 4 is 17.0 Å². The number of aromatic nitrogens is 2. The highest BCUT2D eigenvalue weighted by molar-refractivity contribution is 5.77. The fourth-order valence-electron chi connectivity index (χ4n) is 2.09. The molecule has 1 aliphatic rings. The second-order valence-corrected chi connectivity index (χ2v) is 4.28. The molecule has 1 saturated heterocycles. The Morgan fingerprint density at radius 1 is 1.35 bits per heavy atom. The van der Waals surface area contributed by atoms with Crippen LogP contribution >= 0.6 is 0 Å². The molecule has 1 aliphatic heterocycles. The summed E-state index contributed by atoms with van der Waals surface area (Å²) in [5.41, 5.74) is 1.50. The van der Waals surface area contributed by atoms with Crippen molar-refractivity contribution in [1.29, 1.82) is 0 Å². The number of halogens is 1. The molecule has 1 aromatic heterocycles. The molecular weight excluding hydrogens is 221 g/mol. The van der Waals surface area contributed by atoms with Crippen LogP contribution in [-0.4, -0.2) is 29.2 Å². The summed E-state index contributed by atoms with van der Waals surface area (Å²) < 4.78 is 18.3. The number of fused-ring (bicyclic) bond motifs is 1. The third kappa shape index (κ3) is 2.24. The van der Waals surface area contributed by atoms with Gasteiger partial charge in [-0.1, -0.05) is 0 Å². The van der Waals surface area contributed by atoms with Crippen molar-refractivity contribution in [3.63, 3.8) is 0 Å². The Hall–Kier alpha value is -1.62. The van der Waals surface area contributed by atoms with E-state index >= 15 is 0 Å². The van der Waals surface area contributed by atoms with Crippen LogP contribution in [0.1, 0.15) is 12.8 Å². The zero-order valence-corrected chi connectivity index (χ0v) is 9.37. The van der Waals surface area contributed by atoms with Crippen LogP contribution in [0.2, 0.25) is 0 Å². The molecule has 4 nitrogen and oxygen atoms in total. The maximum absolute atomic E-state index is 13.0. The summed E-state index contributed by atoms with van der Waals surface area (Å²) in [5, 5.41) is 3.32. The maximum atomic E-state index is 13.0. The number of H-pyrrole nitrogens is 1. The molecule has 2 aromatic rings. The second kappa shape index (κ2) is 4.33. The van der Waals surface area contributed by atoms with E-state index in [9.17, 15) is 4.39 Å². The van der Waals surface area contributed by atoms with Crippen LogP contribution in [0.25, 0.3) is 11.0 Å². The molecule has 3 rings (SSSR count). The van der Waals surface area contributed by atoms with Crippen molar-refractivity contribution < 1.29 is 9.13 Å². The van der Waals surface area contributed by atoms with E-state index in [4.69, 9.17) is 4.74 Å². The van der Waals surface area contributed by atoms with Crippen LogP contribution in [-0.2, 0) is 4.74 Å². The van der Waals surface area contributed by atoms with Crippen LogP contribution < -0.4 is 5.32 Å². The van der Waals surface area contributed by atoms with Crippen LogP contribution in [0.3, 0.4) is 0 Å². The van der Waals surface area contributed by atoms with Crippen molar-refractivity contribution in [1.82, 2.24) is 9.97 Å². The molecule has 1 fully saturated rings. The van der Waals surface area contributed by atoms with Gasteiger partial charge in [0.2, 0.25) is 5.95 Å². The highest BCUT2D eigenvalue weighted by atomic mass is 19.1. The lowest BCUT2D eigenvalue weighted by Crippen LogP contribution is -2.28. The molecule has 1 aromatic carbocycles. The first-order valence-corrected chi connectivity index (χ1v) is 5.81. The number of hydrogen-bond donors (Lipinski definition) is 2. The number of rotatable bonds is 2. The summed E-state index contributed by atoms with van der Waals surface area (Å²) in [6, 6.07) is 4.93. The van der Waals surface area contributed by atoms with Crippen LogP contribution in [0.15, 0.2) is 18.2 Å². The third-order valence-corrected chi connectivity index (χ3v) is 3.01. The van der Waals surface area contributed by atoms with E-state index in [2.05, 4.69) is 15.3 Å². The second-order valence-electron chi connectivity index (χ2n) is 4.28. The monoisotopic (exact) mass is 235 g/mol. The van der Waals surface area contributed by atoms with Gasteiger partial charge in [-0.25, -0.2) is 9.37 Å². The van der Waals surface area contributed by atoms with Gasteiger partial charge < -0.3 is 15.0 Å². The molecule has 0 bridgehead atoms. The van der Waals surface area contributed by atoms with Gasteiger partial charge in [-0.2, -0.15) is 0 Å². The molecule has 2 heterocycles. The Labute approximate surface area is 98.2 Å². The van der Waals surface area contributed by atoms with Gasteiger partial charge in [-0.05, 0) is 31.0 Å². The fourth-order valence-corrected chi connectivity index (χ4v) is 2.09. The minimum atomic E-state index is -0.251. The van der Waals surface area contributed by atoms with Gasteiger partial charge in [0.1, 0.15) is 5.82 Å². The maximum Gasteiger partial charge on any atom is 0.201 e. The summed E-state index contributed by atoms with van der Waals surface area (Å²) in [4.78, 5) is 7.45. The highest BCUT2D eigenvalue weighted by Gasteiger charge is 2.14. The van der Waals surface area contributed by atoms with Crippen LogP contribution in [0, 0.1) is 5.82 Å². The molecule has 0 atom stereocenters. The summed E-state index contributed by atoms with van der Waals surface area (Å²) in [6.45, 7) is 1.57. The van der Waals surface area contributed by atoms with E-state index in [1.165, 1.54) is 12.1 Å². The zero-order chi connectivity index (χ0) is 11.7. The van der Waals surface area contributed by atoms with E-state index < -0.39 is 0 Å². The number of anilines is 1. The van der Waals surface area contributed by atoms with Gasteiger partial charge >= 0.3 is 0 Å². The van der Waals surface area contributed by atoms with Gasteiger partial charge in [-0.15, -0.1) is 0 Å². The molecular formula is C12H14FN3O. The van der Waals surface area contributed by atoms with E-state index in [-0.39, 0.29) is 5.82 Å². The number of imidazole rings is 1. The fraction of sp³-hybridized carbons (Fsp3) is 0.417. The number of hydrogen-bond acceptors (Lipinski definition) is 3. The lowest BCUT2D eigenvalue weighted by atomic mass is 10.1. The molecule has 0 aliphatic carbocycles. The standard InChI is InChI=1S/C12H14FN3O/c13-8-1-2-10-11(7-8)16-12(15-10)14-9-3-5-17-6-4-9/h1-2,7,9H,3-6H2,(H2,14,15,16). The van der Waals surface area contributed by atoms with Crippen molar-refractivity contribution in [2.45, 2.75) is 18.9 Å². The van der Waals surface area contributed by atoms with Gasteiger partial charge in [0.15, 0.2) is 0 Å². The number of ether oxygens (including phenoxy) is 1. The number of benzene rings is 1. The Morgan fingerprint density at radius 3 is 3.00 bits per heavy atom. The molecule has 0 saturated carbocycles. The summed E-state index contributed by atoms with van der Waals surface area (Å²) in [7, 11) is 0. The van der Waals surface area contributed by atoms with E-state index in [1.807, 2.05) is 0 Å². The molecule has 17 heavy (non-hydrogen) atoms. The summed E-state index contributed by atoms with van der Waals surface area (Å²) in [5.74, 6) is 0.455. The lowest BCUT2D eigenvalue weighted by molar-refractivity contribution is 0.0903. The van der Waals surface area contributed by atoms with Crippen LogP contribution in [0.4, 0.5) is 10.3 Å². The van der Waals surface area contributed by atoms with Gasteiger partial charge in [-0.3, -0.25) is 0 Å². The van der Waals surface area contributed by atoms with Crippen molar-refractivity contribution in [3.05, 3.63) is 24.0 Å². The molecule has 0 unspecified atom stereocenters. The zero-order valence-electron chi connectivity index (χ0n) is 9.37. The molecule has 90 valence electrons. The average Bonchev–Trinajstić information content (AvgIpc) is 2.71. The first kappa shape index (κ1) is 10.5.